The molecule has 4 nitrogen and oxygen atoms in total. The number of hydrogen-bond donors (Lipinski definition) is 1. The van der Waals surface area contributed by atoms with E-state index < -0.39 is 0 Å². The fraction of sp³-hybridized carbons (Fsp3) is 0.600. The zero-order valence-corrected chi connectivity index (χ0v) is 12.0. The van der Waals surface area contributed by atoms with Gasteiger partial charge in [-0.1, -0.05) is 56.6 Å². The van der Waals surface area contributed by atoms with Gasteiger partial charge in [0.1, 0.15) is 0 Å². The maximum atomic E-state index is 8.80. The number of azide groups is 1. The highest BCUT2D eigenvalue weighted by atomic mass is 16.2. The summed E-state index contributed by atoms with van der Waals surface area (Å²) in [4.78, 5) is 2.92. The van der Waals surface area contributed by atoms with Crippen LogP contribution in [-0.4, -0.2) is 11.7 Å². The molecule has 0 fully saturated rings. The van der Waals surface area contributed by atoms with Crippen LogP contribution in [0.15, 0.2) is 29.4 Å². The van der Waals surface area contributed by atoms with Gasteiger partial charge in [-0.25, -0.2) is 0 Å². The zero-order valence-electron chi connectivity index (χ0n) is 12.0. The van der Waals surface area contributed by atoms with Gasteiger partial charge in [0.2, 0.25) is 0 Å². The molecular formula is C15H23N3O. The molecule has 0 aliphatic heterocycles. The van der Waals surface area contributed by atoms with Crippen molar-refractivity contribution in [1.82, 2.24) is 0 Å². The summed E-state index contributed by atoms with van der Waals surface area (Å²) < 4.78 is 0. The van der Waals surface area contributed by atoms with Crippen LogP contribution in [0.2, 0.25) is 0 Å². The van der Waals surface area contributed by atoms with Crippen molar-refractivity contribution in [2.45, 2.75) is 51.5 Å². The molecule has 1 rings (SSSR count). The van der Waals surface area contributed by atoms with Gasteiger partial charge in [0.15, 0.2) is 0 Å². The number of rotatable bonds is 6. The molecule has 0 saturated heterocycles. The molecule has 0 saturated carbocycles. The molecule has 0 aliphatic rings. The van der Waals surface area contributed by atoms with Crippen LogP contribution in [0.4, 0.5) is 0 Å². The Labute approximate surface area is 115 Å². The van der Waals surface area contributed by atoms with Crippen molar-refractivity contribution in [3.8, 4) is 0 Å². The van der Waals surface area contributed by atoms with E-state index in [9.17, 15) is 0 Å². The number of hydrogen-bond acceptors (Lipinski definition) is 2. The number of nitrogens with zero attached hydrogens (tertiary/aromatic N) is 3. The van der Waals surface area contributed by atoms with Gasteiger partial charge in [0, 0.05) is 11.5 Å². The quantitative estimate of drug-likeness (QED) is 0.348. The monoisotopic (exact) mass is 261 g/mol. The highest BCUT2D eigenvalue weighted by molar-refractivity contribution is 5.29. The van der Waals surface area contributed by atoms with Crippen molar-refractivity contribution in [3.63, 3.8) is 0 Å². The summed E-state index contributed by atoms with van der Waals surface area (Å²) in [6.07, 6.45) is 2.39. The van der Waals surface area contributed by atoms with E-state index in [2.05, 4.69) is 42.9 Å². The average Bonchev–Trinajstić information content (AvgIpc) is 2.37. The van der Waals surface area contributed by atoms with E-state index in [-0.39, 0.29) is 18.1 Å². The standard InChI is InChI=1S/C15H23N3O/c1-15(2,3)13-9-7-12(8-10-13)14(17-18-16)6-4-5-11-19/h7-10,14,19H,4-6,11H2,1-3H3. The fourth-order valence-electron chi connectivity index (χ4n) is 2.01. The molecule has 0 aliphatic carbocycles. The van der Waals surface area contributed by atoms with Crippen LogP contribution >= 0.6 is 0 Å². The first-order valence-electron chi connectivity index (χ1n) is 6.74. The lowest BCUT2D eigenvalue weighted by molar-refractivity contribution is 0.281. The Hall–Kier alpha value is -1.51. The SMILES string of the molecule is CC(C)(C)c1ccc(C(CCCCO)N=[N+]=[N-])cc1. The lowest BCUT2D eigenvalue weighted by Crippen LogP contribution is -2.11. The molecule has 104 valence electrons. The average molecular weight is 261 g/mol. The molecule has 0 radical (unpaired) electrons. The topological polar surface area (TPSA) is 69.0 Å². The molecule has 1 N–H and O–H groups in total. The van der Waals surface area contributed by atoms with E-state index in [1.165, 1.54) is 5.56 Å². The molecule has 1 atom stereocenters. The van der Waals surface area contributed by atoms with E-state index in [1.54, 1.807) is 0 Å². The van der Waals surface area contributed by atoms with Gasteiger partial charge < -0.3 is 5.11 Å². The maximum Gasteiger partial charge on any atom is 0.0625 e. The first-order valence-corrected chi connectivity index (χ1v) is 6.74. The van der Waals surface area contributed by atoms with Crippen molar-refractivity contribution >= 4 is 0 Å². The summed E-state index contributed by atoms with van der Waals surface area (Å²) in [6, 6.07) is 8.14. The molecular weight excluding hydrogens is 238 g/mol. The van der Waals surface area contributed by atoms with Crippen molar-refractivity contribution in [2.75, 3.05) is 6.61 Å². The summed E-state index contributed by atoms with van der Waals surface area (Å²) >= 11 is 0. The Kier molecular flexibility index (Phi) is 5.87. The third kappa shape index (κ3) is 4.93. The second-order valence-corrected chi connectivity index (χ2v) is 5.81. The van der Waals surface area contributed by atoms with Gasteiger partial charge in [-0.15, -0.1) is 0 Å². The minimum atomic E-state index is -0.134. The number of aliphatic hydroxyl groups excluding tert-OH is 1. The van der Waals surface area contributed by atoms with E-state index in [0.29, 0.717) is 0 Å². The highest BCUT2D eigenvalue weighted by Gasteiger charge is 2.15. The molecule has 0 heterocycles. The normalized spacial score (nSPS) is 12.8. The fourth-order valence-corrected chi connectivity index (χ4v) is 2.01. The predicted molar refractivity (Wildman–Crippen MR) is 78.0 cm³/mol. The summed E-state index contributed by atoms with van der Waals surface area (Å²) in [5, 5.41) is 12.7. The molecule has 4 heteroatoms. The molecule has 1 aromatic carbocycles. The lowest BCUT2D eigenvalue weighted by atomic mass is 9.86. The Morgan fingerprint density at radius 2 is 1.84 bits per heavy atom. The first-order chi connectivity index (χ1) is 8.99. The van der Waals surface area contributed by atoms with Crippen LogP contribution in [0.1, 0.15) is 57.2 Å². The molecule has 1 aromatic rings. The minimum Gasteiger partial charge on any atom is -0.396 e. The van der Waals surface area contributed by atoms with E-state index in [4.69, 9.17) is 10.6 Å². The minimum absolute atomic E-state index is 0.128. The second kappa shape index (κ2) is 7.17. The van der Waals surface area contributed by atoms with E-state index >= 15 is 0 Å². The summed E-state index contributed by atoms with van der Waals surface area (Å²) in [5.74, 6) is 0. The summed E-state index contributed by atoms with van der Waals surface area (Å²) in [5.41, 5.74) is 11.1. The van der Waals surface area contributed by atoms with Gasteiger partial charge in [-0.2, -0.15) is 0 Å². The van der Waals surface area contributed by atoms with Crippen LogP contribution in [-0.2, 0) is 5.41 Å². The number of benzene rings is 1. The molecule has 0 aromatic heterocycles. The lowest BCUT2D eigenvalue weighted by Gasteiger charge is -2.20. The van der Waals surface area contributed by atoms with Gasteiger partial charge in [0.05, 0.1) is 6.04 Å². The van der Waals surface area contributed by atoms with Crippen LogP contribution in [0, 0.1) is 0 Å². The van der Waals surface area contributed by atoms with Crippen molar-refractivity contribution in [3.05, 3.63) is 45.8 Å². The van der Waals surface area contributed by atoms with Crippen LogP contribution < -0.4 is 0 Å². The smallest absolute Gasteiger partial charge is 0.0625 e. The molecule has 0 spiro atoms. The number of unbranched alkanes of at least 4 members (excludes halogenated alkanes) is 1. The van der Waals surface area contributed by atoms with Crippen molar-refractivity contribution in [2.24, 2.45) is 5.11 Å². The van der Waals surface area contributed by atoms with Crippen LogP contribution in [0.5, 0.6) is 0 Å². The maximum absolute atomic E-state index is 8.80. The van der Waals surface area contributed by atoms with Crippen molar-refractivity contribution < 1.29 is 5.11 Å². The largest absolute Gasteiger partial charge is 0.396 e. The molecule has 1 unspecified atom stereocenters. The third-order valence-electron chi connectivity index (χ3n) is 3.24. The van der Waals surface area contributed by atoms with Crippen LogP contribution in [0.3, 0.4) is 0 Å². The van der Waals surface area contributed by atoms with Gasteiger partial charge in [0.25, 0.3) is 0 Å². The summed E-state index contributed by atoms with van der Waals surface area (Å²) in [7, 11) is 0. The van der Waals surface area contributed by atoms with E-state index in [1.807, 2.05) is 12.1 Å². The zero-order chi connectivity index (χ0) is 14.3. The Morgan fingerprint density at radius 1 is 1.21 bits per heavy atom. The molecule has 0 amide bonds. The Bertz CT molecular complexity index is 428. The van der Waals surface area contributed by atoms with Crippen LogP contribution in [0.25, 0.3) is 10.4 Å². The Morgan fingerprint density at radius 3 is 2.32 bits per heavy atom. The van der Waals surface area contributed by atoms with Gasteiger partial charge in [-0.05, 0) is 34.9 Å². The van der Waals surface area contributed by atoms with Crippen molar-refractivity contribution in [1.29, 1.82) is 0 Å². The van der Waals surface area contributed by atoms with Gasteiger partial charge in [-0.3, -0.25) is 0 Å². The Balaban J connectivity index is 2.82. The predicted octanol–water partition coefficient (Wildman–Crippen LogP) is 4.50. The second-order valence-electron chi connectivity index (χ2n) is 5.81. The van der Waals surface area contributed by atoms with Gasteiger partial charge >= 0.3 is 0 Å². The molecule has 19 heavy (non-hydrogen) atoms. The number of aliphatic hydroxyl groups is 1. The summed E-state index contributed by atoms with van der Waals surface area (Å²) in [6.45, 7) is 6.71. The molecule has 0 bridgehead atoms. The van der Waals surface area contributed by atoms with E-state index in [0.717, 1.165) is 24.8 Å². The third-order valence-corrected chi connectivity index (χ3v) is 3.24. The highest BCUT2D eigenvalue weighted by Crippen LogP contribution is 2.27. The first kappa shape index (κ1) is 15.5.